The molecule has 136 valence electrons. The standard InChI is InChI=1S/C18H19N3O5/c19-16-7-6-12(9-17(16)21(23)24)18(22)20-13-3-1-4-14(10-13)26-11-15-5-2-8-25-15/h1,3-4,6-7,9-10,15H,2,5,8,11,19H2,(H,20,22)/t15-/m0/s1. The van der Waals surface area contributed by atoms with Gasteiger partial charge in [0.2, 0.25) is 0 Å². The molecule has 1 heterocycles. The van der Waals surface area contributed by atoms with Crippen LogP contribution in [0, 0.1) is 10.1 Å². The van der Waals surface area contributed by atoms with Gasteiger partial charge in [-0.15, -0.1) is 0 Å². The molecule has 0 aliphatic carbocycles. The number of rotatable bonds is 6. The molecule has 2 aromatic carbocycles. The Kier molecular flexibility index (Phi) is 5.33. The Morgan fingerprint density at radius 1 is 1.35 bits per heavy atom. The molecule has 0 spiro atoms. The molecule has 1 saturated heterocycles. The van der Waals surface area contributed by atoms with Crippen LogP contribution < -0.4 is 15.8 Å². The summed E-state index contributed by atoms with van der Waals surface area (Å²) >= 11 is 0. The van der Waals surface area contributed by atoms with Gasteiger partial charge in [0.05, 0.1) is 11.0 Å². The number of nitrogens with two attached hydrogens (primary N) is 1. The molecule has 0 saturated carbocycles. The van der Waals surface area contributed by atoms with Crippen molar-refractivity contribution in [1.29, 1.82) is 0 Å². The molecule has 3 rings (SSSR count). The number of nitrogens with one attached hydrogen (secondary N) is 1. The quantitative estimate of drug-likeness (QED) is 0.466. The average molecular weight is 357 g/mol. The highest BCUT2D eigenvalue weighted by Crippen LogP contribution is 2.24. The van der Waals surface area contributed by atoms with Gasteiger partial charge < -0.3 is 20.5 Å². The maximum Gasteiger partial charge on any atom is 0.292 e. The van der Waals surface area contributed by atoms with Crippen molar-refractivity contribution in [3.05, 3.63) is 58.1 Å². The number of benzene rings is 2. The van der Waals surface area contributed by atoms with E-state index in [4.69, 9.17) is 15.2 Å². The fourth-order valence-electron chi connectivity index (χ4n) is 2.67. The topological polar surface area (TPSA) is 117 Å². The molecule has 0 bridgehead atoms. The number of ether oxygens (including phenoxy) is 2. The SMILES string of the molecule is Nc1ccc(C(=O)Nc2cccc(OC[C@@H]3CCCO3)c2)cc1[N+](=O)[O-]. The number of hydrogen-bond donors (Lipinski definition) is 2. The zero-order valence-electron chi connectivity index (χ0n) is 14.0. The number of anilines is 2. The molecule has 2 aromatic rings. The van der Waals surface area contributed by atoms with Crippen molar-refractivity contribution in [2.24, 2.45) is 0 Å². The van der Waals surface area contributed by atoms with E-state index in [0.717, 1.165) is 25.5 Å². The first kappa shape index (κ1) is 17.7. The van der Waals surface area contributed by atoms with Crippen molar-refractivity contribution in [2.75, 3.05) is 24.3 Å². The third-order valence-corrected chi connectivity index (χ3v) is 4.04. The van der Waals surface area contributed by atoms with E-state index in [0.29, 0.717) is 18.0 Å². The summed E-state index contributed by atoms with van der Waals surface area (Å²) in [6.07, 6.45) is 2.12. The lowest BCUT2D eigenvalue weighted by molar-refractivity contribution is -0.383. The van der Waals surface area contributed by atoms with Crippen molar-refractivity contribution >= 4 is 23.0 Å². The monoisotopic (exact) mass is 357 g/mol. The Hall–Kier alpha value is -3.13. The minimum absolute atomic E-state index is 0.0103. The summed E-state index contributed by atoms with van der Waals surface area (Å²) in [4.78, 5) is 22.7. The molecular weight excluding hydrogens is 338 g/mol. The summed E-state index contributed by atoms with van der Waals surface area (Å²) in [6, 6.07) is 10.9. The number of carbonyl (C=O) groups excluding carboxylic acids is 1. The van der Waals surface area contributed by atoms with Crippen LogP contribution in [0.1, 0.15) is 23.2 Å². The maximum absolute atomic E-state index is 12.3. The molecule has 8 nitrogen and oxygen atoms in total. The molecule has 1 amide bonds. The van der Waals surface area contributed by atoms with E-state index in [2.05, 4.69) is 5.32 Å². The summed E-state index contributed by atoms with van der Waals surface area (Å²) in [5.41, 5.74) is 5.94. The second-order valence-corrected chi connectivity index (χ2v) is 5.96. The predicted octanol–water partition coefficient (Wildman–Crippen LogP) is 2.99. The second-order valence-electron chi connectivity index (χ2n) is 5.96. The number of hydrogen-bond acceptors (Lipinski definition) is 6. The molecule has 1 atom stereocenters. The van der Waals surface area contributed by atoms with E-state index in [1.54, 1.807) is 24.3 Å². The molecule has 0 unspecified atom stereocenters. The van der Waals surface area contributed by atoms with Gasteiger partial charge in [-0.3, -0.25) is 14.9 Å². The van der Waals surface area contributed by atoms with Crippen LogP contribution in [-0.4, -0.2) is 30.1 Å². The molecule has 0 radical (unpaired) electrons. The minimum Gasteiger partial charge on any atom is -0.491 e. The highest BCUT2D eigenvalue weighted by Gasteiger charge is 2.17. The number of nitro benzene ring substituents is 1. The van der Waals surface area contributed by atoms with E-state index >= 15 is 0 Å². The smallest absolute Gasteiger partial charge is 0.292 e. The summed E-state index contributed by atoms with van der Waals surface area (Å²) in [5, 5.41) is 13.6. The zero-order chi connectivity index (χ0) is 18.5. The predicted molar refractivity (Wildman–Crippen MR) is 96.4 cm³/mol. The van der Waals surface area contributed by atoms with Crippen LogP contribution in [0.4, 0.5) is 17.1 Å². The number of nitrogen functional groups attached to an aromatic ring is 1. The fraction of sp³-hybridized carbons (Fsp3) is 0.278. The van der Waals surface area contributed by atoms with Gasteiger partial charge in [0.15, 0.2) is 0 Å². The second kappa shape index (κ2) is 7.83. The van der Waals surface area contributed by atoms with Crippen LogP contribution in [0.25, 0.3) is 0 Å². The molecule has 0 aromatic heterocycles. The number of nitro groups is 1. The zero-order valence-corrected chi connectivity index (χ0v) is 14.0. The van der Waals surface area contributed by atoms with Gasteiger partial charge in [0.1, 0.15) is 18.0 Å². The van der Waals surface area contributed by atoms with Crippen LogP contribution in [0.3, 0.4) is 0 Å². The summed E-state index contributed by atoms with van der Waals surface area (Å²) < 4.78 is 11.2. The third-order valence-electron chi connectivity index (χ3n) is 4.04. The van der Waals surface area contributed by atoms with Gasteiger partial charge >= 0.3 is 0 Å². The van der Waals surface area contributed by atoms with Crippen molar-refractivity contribution in [3.8, 4) is 5.75 Å². The summed E-state index contributed by atoms with van der Waals surface area (Å²) in [7, 11) is 0. The van der Waals surface area contributed by atoms with Crippen LogP contribution in [-0.2, 0) is 4.74 Å². The van der Waals surface area contributed by atoms with Crippen LogP contribution in [0.5, 0.6) is 5.75 Å². The lowest BCUT2D eigenvalue weighted by Crippen LogP contribution is -2.16. The van der Waals surface area contributed by atoms with Crippen molar-refractivity contribution < 1.29 is 19.2 Å². The van der Waals surface area contributed by atoms with Gasteiger partial charge in [-0.25, -0.2) is 0 Å². The van der Waals surface area contributed by atoms with Gasteiger partial charge in [-0.2, -0.15) is 0 Å². The fourth-order valence-corrected chi connectivity index (χ4v) is 2.67. The normalized spacial score (nSPS) is 16.2. The first-order valence-electron chi connectivity index (χ1n) is 8.22. The van der Waals surface area contributed by atoms with E-state index in [1.807, 2.05) is 0 Å². The van der Waals surface area contributed by atoms with Crippen molar-refractivity contribution in [1.82, 2.24) is 0 Å². The maximum atomic E-state index is 12.3. The largest absolute Gasteiger partial charge is 0.491 e. The molecule has 8 heteroatoms. The number of nitrogens with zero attached hydrogens (tertiary/aromatic N) is 1. The number of carbonyl (C=O) groups is 1. The average Bonchev–Trinajstić information content (AvgIpc) is 3.14. The van der Waals surface area contributed by atoms with Crippen LogP contribution >= 0.6 is 0 Å². The van der Waals surface area contributed by atoms with Gasteiger partial charge in [0.25, 0.3) is 11.6 Å². The molecule has 26 heavy (non-hydrogen) atoms. The Morgan fingerprint density at radius 2 is 2.19 bits per heavy atom. The number of amides is 1. The summed E-state index contributed by atoms with van der Waals surface area (Å²) in [5.74, 6) is 0.144. The van der Waals surface area contributed by atoms with Crippen LogP contribution in [0.2, 0.25) is 0 Å². The Labute approximate surface area is 150 Å². The van der Waals surface area contributed by atoms with Crippen LogP contribution in [0.15, 0.2) is 42.5 Å². The lowest BCUT2D eigenvalue weighted by Gasteiger charge is -2.12. The highest BCUT2D eigenvalue weighted by molar-refractivity contribution is 6.05. The Bertz CT molecular complexity index is 818. The highest BCUT2D eigenvalue weighted by atomic mass is 16.6. The summed E-state index contributed by atoms with van der Waals surface area (Å²) in [6.45, 7) is 1.22. The van der Waals surface area contributed by atoms with E-state index < -0.39 is 10.8 Å². The van der Waals surface area contributed by atoms with Crippen molar-refractivity contribution in [3.63, 3.8) is 0 Å². The molecule has 1 aliphatic rings. The van der Waals surface area contributed by atoms with Gasteiger partial charge in [-0.05, 0) is 37.1 Å². The van der Waals surface area contributed by atoms with E-state index in [1.165, 1.54) is 12.1 Å². The van der Waals surface area contributed by atoms with Gasteiger partial charge in [0, 0.05) is 30.0 Å². The Morgan fingerprint density at radius 3 is 2.92 bits per heavy atom. The van der Waals surface area contributed by atoms with E-state index in [-0.39, 0.29) is 23.0 Å². The third kappa shape index (κ3) is 4.28. The molecule has 1 fully saturated rings. The minimum atomic E-state index is -0.619. The molecular formula is C18H19N3O5. The first-order chi connectivity index (χ1) is 12.5. The van der Waals surface area contributed by atoms with E-state index in [9.17, 15) is 14.9 Å². The lowest BCUT2D eigenvalue weighted by atomic mass is 10.1. The molecule has 3 N–H and O–H groups in total. The first-order valence-corrected chi connectivity index (χ1v) is 8.22. The molecule has 1 aliphatic heterocycles. The van der Waals surface area contributed by atoms with Crippen molar-refractivity contribution in [2.45, 2.75) is 18.9 Å². The van der Waals surface area contributed by atoms with Gasteiger partial charge in [-0.1, -0.05) is 6.07 Å². The Balaban J connectivity index is 1.66.